The highest BCUT2D eigenvalue weighted by molar-refractivity contribution is 7.12. The van der Waals surface area contributed by atoms with Crippen LogP contribution < -0.4 is 20.1 Å². The molecule has 0 aliphatic rings. The van der Waals surface area contributed by atoms with Crippen molar-refractivity contribution in [2.24, 2.45) is 0 Å². The normalized spacial score (nSPS) is 12.8. The van der Waals surface area contributed by atoms with Crippen molar-refractivity contribution in [1.82, 2.24) is 10.6 Å². The van der Waals surface area contributed by atoms with Gasteiger partial charge in [-0.3, -0.25) is 9.59 Å². The second-order valence-electron chi connectivity index (χ2n) is 5.75. The van der Waals surface area contributed by atoms with Crippen molar-refractivity contribution in [2.45, 2.75) is 32.9 Å². The number of methoxy groups -OCH3 is 1. The zero-order valence-corrected chi connectivity index (χ0v) is 16.2. The first-order valence-corrected chi connectivity index (χ1v) is 9.29. The van der Waals surface area contributed by atoms with Gasteiger partial charge in [0.25, 0.3) is 5.91 Å². The van der Waals surface area contributed by atoms with E-state index in [2.05, 4.69) is 10.6 Å². The van der Waals surface area contributed by atoms with Crippen LogP contribution in [-0.4, -0.2) is 31.6 Å². The van der Waals surface area contributed by atoms with E-state index < -0.39 is 6.04 Å². The van der Waals surface area contributed by atoms with Gasteiger partial charge in [0.1, 0.15) is 6.04 Å². The lowest BCUT2D eigenvalue weighted by molar-refractivity contribution is -0.123. The van der Waals surface area contributed by atoms with Crippen LogP contribution in [0.5, 0.6) is 11.5 Å². The lowest BCUT2D eigenvalue weighted by atomic mass is 10.1. The van der Waals surface area contributed by atoms with Gasteiger partial charge >= 0.3 is 0 Å². The maximum Gasteiger partial charge on any atom is 0.261 e. The lowest BCUT2D eigenvalue weighted by Gasteiger charge is -2.20. The summed E-state index contributed by atoms with van der Waals surface area (Å²) in [6.07, 6.45) is 0. The third-order valence-electron chi connectivity index (χ3n) is 3.83. The molecule has 0 bridgehead atoms. The third kappa shape index (κ3) is 4.98. The molecular formula is C19H24N2O4S. The first-order chi connectivity index (χ1) is 12.5. The second kappa shape index (κ2) is 9.24. The predicted molar refractivity (Wildman–Crippen MR) is 102 cm³/mol. The lowest BCUT2D eigenvalue weighted by Crippen LogP contribution is -2.45. The molecule has 0 aliphatic heterocycles. The van der Waals surface area contributed by atoms with Crippen LogP contribution in [0.25, 0.3) is 0 Å². The molecule has 0 saturated heterocycles. The van der Waals surface area contributed by atoms with Crippen LogP contribution in [-0.2, 0) is 4.79 Å². The Bertz CT molecular complexity index is 746. The number of amides is 2. The van der Waals surface area contributed by atoms with Gasteiger partial charge in [0.2, 0.25) is 5.91 Å². The number of carbonyl (C=O) groups excluding carboxylic acids is 2. The van der Waals surface area contributed by atoms with Gasteiger partial charge in [0.05, 0.1) is 24.6 Å². The number of thiophene rings is 1. The summed E-state index contributed by atoms with van der Waals surface area (Å²) in [6, 6.07) is 8.18. The number of hydrogen-bond donors (Lipinski definition) is 2. The summed E-state index contributed by atoms with van der Waals surface area (Å²) in [5, 5.41) is 7.43. The molecule has 140 valence electrons. The minimum absolute atomic E-state index is 0.242. The monoisotopic (exact) mass is 376 g/mol. The summed E-state index contributed by atoms with van der Waals surface area (Å²) in [5.41, 5.74) is 0.885. The Kier molecular flexibility index (Phi) is 7.03. The Morgan fingerprint density at radius 3 is 2.54 bits per heavy atom. The molecule has 1 aromatic heterocycles. The predicted octanol–water partition coefficient (Wildman–Crippen LogP) is 3.15. The van der Waals surface area contributed by atoms with Gasteiger partial charge in [-0.25, -0.2) is 0 Å². The quantitative estimate of drug-likeness (QED) is 0.742. The van der Waals surface area contributed by atoms with Gasteiger partial charge in [-0.1, -0.05) is 12.1 Å². The average molecular weight is 376 g/mol. The molecule has 2 unspecified atom stereocenters. The van der Waals surface area contributed by atoms with Crippen molar-refractivity contribution in [1.29, 1.82) is 0 Å². The van der Waals surface area contributed by atoms with Gasteiger partial charge in [-0.15, -0.1) is 11.3 Å². The summed E-state index contributed by atoms with van der Waals surface area (Å²) >= 11 is 1.34. The van der Waals surface area contributed by atoms with E-state index in [-0.39, 0.29) is 17.9 Å². The van der Waals surface area contributed by atoms with Crippen molar-refractivity contribution >= 4 is 23.2 Å². The van der Waals surface area contributed by atoms with E-state index in [0.717, 1.165) is 5.56 Å². The Hall–Kier alpha value is -2.54. The first kappa shape index (κ1) is 19.8. The highest BCUT2D eigenvalue weighted by atomic mass is 32.1. The first-order valence-electron chi connectivity index (χ1n) is 8.41. The Labute approximate surface area is 157 Å². The molecule has 0 saturated carbocycles. The van der Waals surface area contributed by atoms with E-state index in [1.807, 2.05) is 37.4 Å². The van der Waals surface area contributed by atoms with Crippen LogP contribution in [0.2, 0.25) is 0 Å². The SMILES string of the molecule is CCOc1ccc(C(C)NC(=O)C(C)NC(=O)c2cccs2)cc1OC. The van der Waals surface area contributed by atoms with Crippen LogP contribution in [0.1, 0.15) is 42.0 Å². The molecule has 2 atom stereocenters. The molecule has 7 heteroatoms. The summed E-state index contributed by atoms with van der Waals surface area (Å²) < 4.78 is 10.8. The second-order valence-corrected chi connectivity index (χ2v) is 6.69. The molecule has 0 aliphatic carbocycles. The molecule has 0 spiro atoms. The molecule has 2 aromatic rings. The Morgan fingerprint density at radius 2 is 1.92 bits per heavy atom. The fourth-order valence-corrected chi connectivity index (χ4v) is 3.02. The van der Waals surface area contributed by atoms with Crippen LogP contribution in [0.15, 0.2) is 35.7 Å². The zero-order valence-electron chi connectivity index (χ0n) is 15.4. The number of nitrogens with one attached hydrogen (secondary N) is 2. The van der Waals surface area contributed by atoms with E-state index in [0.29, 0.717) is 23.0 Å². The van der Waals surface area contributed by atoms with Crippen molar-refractivity contribution in [2.75, 3.05) is 13.7 Å². The summed E-state index contributed by atoms with van der Waals surface area (Å²) in [6.45, 7) is 5.98. The van der Waals surface area contributed by atoms with Crippen LogP contribution in [0, 0.1) is 0 Å². The number of ether oxygens (including phenoxy) is 2. The van der Waals surface area contributed by atoms with Crippen molar-refractivity contribution in [3.8, 4) is 11.5 Å². The Morgan fingerprint density at radius 1 is 1.15 bits per heavy atom. The topological polar surface area (TPSA) is 76.7 Å². The molecule has 2 N–H and O–H groups in total. The zero-order chi connectivity index (χ0) is 19.1. The molecule has 1 aromatic carbocycles. The van der Waals surface area contributed by atoms with Crippen LogP contribution >= 0.6 is 11.3 Å². The fourth-order valence-electron chi connectivity index (χ4n) is 2.39. The minimum Gasteiger partial charge on any atom is -0.493 e. The smallest absolute Gasteiger partial charge is 0.261 e. The summed E-state index contributed by atoms with van der Waals surface area (Å²) in [4.78, 5) is 25.0. The standard InChI is InChI=1S/C19H24N2O4S/c1-5-25-15-9-8-14(11-16(15)24-4)12(2)20-18(22)13(3)21-19(23)17-7-6-10-26-17/h6-13H,5H2,1-4H3,(H,20,22)(H,21,23). The molecule has 0 radical (unpaired) electrons. The third-order valence-corrected chi connectivity index (χ3v) is 4.70. The maximum absolute atomic E-state index is 12.4. The van der Waals surface area contributed by atoms with E-state index in [1.54, 1.807) is 26.2 Å². The van der Waals surface area contributed by atoms with Gasteiger partial charge < -0.3 is 20.1 Å². The highest BCUT2D eigenvalue weighted by Crippen LogP contribution is 2.30. The Balaban J connectivity index is 1.98. The summed E-state index contributed by atoms with van der Waals surface area (Å²) in [7, 11) is 1.58. The van der Waals surface area contributed by atoms with Gasteiger partial charge in [-0.05, 0) is 49.9 Å². The van der Waals surface area contributed by atoms with Crippen LogP contribution in [0.3, 0.4) is 0 Å². The molecule has 0 fully saturated rings. The van der Waals surface area contributed by atoms with Gasteiger partial charge in [0.15, 0.2) is 11.5 Å². The van der Waals surface area contributed by atoms with Crippen molar-refractivity contribution in [3.63, 3.8) is 0 Å². The van der Waals surface area contributed by atoms with E-state index >= 15 is 0 Å². The molecule has 26 heavy (non-hydrogen) atoms. The molecule has 2 rings (SSSR count). The highest BCUT2D eigenvalue weighted by Gasteiger charge is 2.20. The largest absolute Gasteiger partial charge is 0.493 e. The van der Waals surface area contributed by atoms with Crippen molar-refractivity contribution < 1.29 is 19.1 Å². The van der Waals surface area contributed by atoms with E-state index in [1.165, 1.54) is 11.3 Å². The number of carbonyl (C=O) groups is 2. The molecule has 2 amide bonds. The number of benzene rings is 1. The maximum atomic E-state index is 12.4. The molecular weight excluding hydrogens is 352 g/mol. The van der Waals surface area contributed by atoms with Gasteiger partial charge in [0, 0.05) is 0 Å². The fraction of sp³-hybridized carbons (Fsp3) is 0.368. The van der Waals surface area contributed by atoms with Gasteiger partial charge in [-0.2, -0.15) is 0 Å². The van der Waals surface area contributed by atoms with Crippen LogP contribution in [0.4, 0.5) is 0 Å². The van der Waals surface area contributed by atoms with Crippen molar-refractivity contribution in [3.05, 3.63) is 46.2 Å². The average Bonchev–Trinajstić information content (AvgIpc) is 3.16. The number of hydrogen-bond acceptors (Lipinski definition) is 5. The minimum atomic E-state index is -0.642. The van der Waals surface area contributed by atoms with E-state index in [4.69, 9.17) is 9.47 Å². The van der Waals surface area contributed by atoms with E-state index in [9.17, 15) is 9.59 Å². The molecule has 6 nitrogen and oxygen atoms in total. The summed E-state index contributed by atoms with van der Waals surface area (Å²) in [5.74, 6) is 0.770. The molecule has 1 heterocycles. The number of rotatable bonds is 8.